The van der Waals surface area contributed by atoms with Gasteiger partial charge in [-0.2, -0.15) is 18.4 Å². The fraction of sp³-hybridized carbons (Fsp3) is 0.391. The molecule has 34 heavy (non-hydrogen) atoms. The average Bonchev–Trinajstić information content (AvgIpc) is 3.04. The number of carbonyl (C=O) groups excluding carboxylic acids is 1. The zero-order chi connectivity index (χ0) is 24.7. The van der Waals surface area contributed by atoms with Crippen LogP contribution >= 0.6 is 0 Å². The van der Waals surface area contributed by atoms with Crippen molar-refractivity contribution in [3.8, 4) is 11.8 Å². The van der Waals surface area contributed by atoms with E-state index in [0.29, 0.717) is 44.1 Å². The van der Waals surface area contributed by atoms with Gasteiger partial charge in [0, 0.05) is 18.5 Å². The van der Waals surface area contributed by atoms with E-state index in [1.807, 2.05) is 0 Å². The number of rotatable bonds is 5. The molecular weight excluding hydrogens is 471 g/mol. The van der Waals surface area contributed by atoms with Crippen molar-refractivity contribution < 1.29 is 31.1 Å². The van der Waals surface area contributed by atoms with Gasteiger partial charge in [0.1, 0.15) is 12.4 Å². The van der Waals surface area contributed by atoms with Gasteiger partial charge in [0.25, 0.3) is 0 Å². The number of piperidine rings is 1. The summed E-state index contributed by atoms with van der Waals surface area (Å²) in [6.07, 6.45) is -3.02. The third kappa shape index (κ3) is 4.48. The third-order valence-corrected chi connectivity index (χ3v) is 7.54. The zero-order valence-electron chi connectivity index (χ0n) is 18.3. The molecule has 1 spiro atoms. The van der Waals surface area contributed by atoms with E-state index in [0.717, 1.165) is 23.6 Å². The second-order valence-electron chi connectivity index (χ2n) is 8.53. The lowest BCUT2D eigenvalue weighted by Gasteiger charge is -2.38. The molecule has 0 bridgehead atoms. The van der Waals surface area contributed by atoms with E-state index in [2.05, 4.69) is 16.3 Å². The molecular formula is C23H22F3N3O4S. The Balaban J connectivity index is 1.39. The highest BCUT2D eigenvalue weighted by Crippen LogP contribution is 2.45. The Labute approximate surface area is 195 Å². The highest BCUT2D eigenvalue weighted by atomic mass is 32.2. The summed E-state index contributed by atoms with van der Waals surface area (Å²) in [6.45, 7) is 1.68. The van der Waals surface area contributed by atoms with E-state index in [1.165, 1.54) is 6.07 Å². The average molecular weight is 494 g/mol. The van der Waals surface area contributed by atoms with Crippen molar-refractivity contribution >= 4 is 21.4 Å². The predicted molar refractivity (Wildman–Crippen MR) is 117 cm³/mol. The number of likely N-dealkylation sites (tertiary alicyclic amines) is 1. The zero-order valence-corrected chi connectivity index (χ0v) is 19.1. The second-order valence-corrected chi connectivity index (χ2v) is 10.5. The molecule has 7 nitrogen and oxygen atoms in total. The van der Waals surface area contributed by atoms with Crippen LogP contribution < -0.4 is 10.1 Å². The molecule has 4 rings (SSSR count). The fourth-order valence-electron chi connectivity index (χ4n) is 4.57. The molecule has 1 fully saturated rings. The molecule has 0 atom stereocenters. The summed E-state index contributed by atoms with van der Waals surface area (Å²) in [6, 6.07) is 10.1. The summed E-state index contributed by atoms with van der Waals surface area (Å²) in [4.78, 5) is 14.0. The molecule has 1 amide bonds. The Hall–Kier alpha value is -3.10. The van der Waals surface area contributed by atoms with Crippen LogP contribution in [-0.4, -0.2) is 51.7 Å². The lowest BCUT2D eigenvalue weighted by molar-refractivity contribution is -0.140. The molecule has 2 heterocycles. The lowest BCUT2D eigenvalue weighted by Crippen LogP contribution is -2.47. The number of hydrogen-bond acceptors (Lipinski definition) is 6. The summed E-state index contributed by atoms with van der Waals surface area (Å²) < 4.78 is 68.8. The molecule has 0 saturated carbocycles. The number of benzene rings is 2. The summed E-state index contributed by atoms with van der Waals surface area (Å²) in [5.74, 6) is -0.152. The van der Waals surface area contributed by atoms with Crippen LogP contribution in [0.1, 0.15) is 29.5 Å². The molecule has 0 radical (unpaired) electrons. The van der Waals surface area contributed by atoms with Crippen LogP contribution in [0.3, 0.4) is 0 Å². The maximum Gasteiger partial charge on any atom is 0.417 e. The second kappa shape index (κ2) is 8.60. The minimum absolute atomic E-state index is 0.0682. The number of fused-ring (bicyclic) bond motifs is 2. The summed E-state index contributed by atoms with van der Waals surface area (Å²) >= 11 is 0. The predicted octanol–water partition coefficient (Wildman–Crippen LogP) is 3.35. The van der Waals surface area contributed by atoms with Gasteiger partial charge in [-0.25, -0.2) is 8.42 Å². The van der Waals surface area contributed by atoms with Crippen LogP contribution in [0.2, 0.25) is 0 Å². The maximum atomic E-state index is 13.3. The molecule has 2 aromatic carbocycles. The highest BCUT2D eigenvalue weighted by Gasteiger charge is 2.48. The van der Waals surface area contributed by atoms with Crippen molar-refractivity contribution in [2.45, 2.75) is 29.3 Å². The Bertz CT molecular complexity index is 1280. The van der Waals surface area contributed by atoms with E-state index in [1.54, 1.807) is 18.2 Å². The van der Waals surface area contributed by atoms with E-state index in [4.69, 9.17) is 4.74 Å². The van der Waals surface area contributed by atoms with Gasteiger partial charge in [-0.1, -0.05) is 0 Å². The topological polar surface area (TPSA) is 99.5 Å². The Morgan fingerprint density at radius 1 is 1.18 bits per heavy atom. The smallest absolute Gasteiger partial charge is 0.417 e. The minimum Gasteiger partial charge on any atom is -0.492 e. The number of anilines is 1. The van der Waals surface area contributed by atoms with Gasteiger partial charge in [-0.15, -0.1) is 0 Å². The Morgan fingerprint density at radius 2 is 1.88 bits per heavy atom. The molecule has 0 aliphatic carbocycles. The Morgan fingerprint density at radius 3 is 2.50 bits per heavy atom. The van der Waals surface area contributed by atoms with Crippen molar-refractivity contribution in [1.29, 1.82) is 5.26 Å². The number of ether oxygens (including phenoxy) is 1. The minimum atomic E-state index is -4.83. The molecule has 2 aliphatic rings. The summed E-state index contributed by atoms with van der Waals surface area (Å²) in [5, 5.41) is 12.1. The largest absolute Gasteiger partial charge is 0.492 e. The first-order chi connectivity index (χ1) is 15.9. The molecule has 1 saturated heterocycles. The lowest BCUT2D eigenvalue weighted by atomic mass is 9.73. The normalized spacial score (nSPS) is 17.8. The van der Waals surface area contributed by atoms with Crippen LogP contribution in [0.15, 0.2) is 41.3 Å². The van der Waals surface area contributed by atoms with Gasteiger partial charge in [-0.3, -0.25) is 9.69 Å². The summed E-state index contributed by atoms with van der Waals surface area (Å²) in [5.41, 5.74) is 0.0975. The SMILES string of the molecule is CS(=O)(=O)c1ccc(OCCN2CCC3(CC2)C(=O)Nc2ccc(C#N)cc23)cc1C(F)(F)F. The number of halogens is 3. The highest BCUT2D eigenvalue weighted by molar-refractivity contribution is 7.90. The van der Waals surface area contributed by atoms with Crippen molar-refractivity contribution in [1.82, 2.24) is 4.90 Å². The van der Waals surface area contributed by atoms with E-state index in [9.17, 15) is 31.6 Å². The van der Waals surface area contributed by atoms with Gasteiger partial charge in [0.2, 0.25) is 5.91 Å². The fourth-order valence-corrected chi connectivity index (χ4v) is 5.46. The first-order valence-electron chi connectivity index (χ1n) is 10.6. The maximum absolute atomic E-state index is 13.3. The number of hydrogen-bond donors (Lipinski definition) is 1. The quantitative estimate of drug-likeness (QED) is 0.686. The molecule has 1 N–H and O–H groups in total. The van der Waals surface area contributed by atoms with Crippen LogP contribution in [0.4, 0.5) is 18.9 Å². The monoisotopic (exact) mass is 493 g/mol. The number of amides is 1. The number of alkyl halides is 3. The van der Waals surface area contributed by atoms with Gasteiger partial charge >= 0.3 is 6.18 Å². The number of carbonyl (C=O) groups is 1. The Kier molecular flexibility index (Phi) is 6.08. The molecule has 2 aliphatic heterocycles. The van der Waals surface area contributed by atoms with Gasteiger partial charge in [0.05, 0.1) is 27.5 Å². The molecule has 11 heteroatoms. The van der Waals surface area contributed by atoms with Crippen molar-refractivity contribution in [2.75, 3.05) is 37.8 Å². The van der Waals surface area contributed by atoms with Crippen molar-refractivity contribution in [3.63, 3.8) is 0 Å². The third-order valence-electron chi connectivity index (χ3n) is 6.39. The van der Waals surface area contributed by atoms with Crippen molar-refractivity contribution in [3.05, 3.63) is 53.1 Å². The number of nitrogens with one attached hydrogen (secondary N) is 1. The van der Waals surface area contributed by atoms with Crippen molar-refractivity contribution in [2.24, 2.45) is 0 Å². The van der Waals surface area contributed by atoms with Crippen LogP contribution in [0, 0.1) is 11.3 Å². The van der Waals surface area contributed by atoms with E-state index < -0.39 is 31.9 Å². The van der Waals surface area contributed by atoms with E-state index >= 15 is 0 Å². The summed E-state index contributed by atoms with van der Waals surface area (Å²) in [7, 11) is -4.05. The van der Waals surface area contributed by atoms with Crippen LogP contribution in [-0.2, 0) is 26.2 Å². The molecule has 180 valence electrons. The number of nitriles is 1. The van der Waals surface area contributed by atoms with Gasteiger partial charge in [-0.05, 0) is 67.9 Å². The first kappa shape index (κ1) is 24.0. The molecule has 2 aromatic rings. The molecule has 0 unspecified atom stereocenters. The van der Waals surface area contributed by atoms with Crippen LogP contribution in [0.25, 0.3) is 0 Å². The van der Waals surface area contributed by atoms with Gasteiger partial charge < -0.3 is 10.1 Å². The molecule has 0 aromatic heterocycles. The van der Waals surface area contributed by atoms with E-state index in [-0.39, 0.29) is 18.3 Å². The first-order valence-corrected chi connectivity index (χ1v) is 12.5. The van der Waals surface area contributed by atoms with Crippen LogP contribution in [0.5, 0.6) is 5.75 Å². The number of nitrogens with zero attached hydrogens (tertiary/aromatic N) is 2. The standard InChI is InChI=1S/C23H22F3N3O4S/c1-34(31,32)20-5-3-16(13-18(20)23(24,25)26)33-11-10-29-8-6-22(7-9-29)17-12-15(14-27)2-4-19(17)28-21(22)30/h2-5,12-13H,6-11H2,1H3,(H,28,30). The number of sulfone groups is 1. The van der Waals surface area contributed by atoms with Gasteiger partial charge in [0.15, 0.2) is 9.84 Å².